The standard InChI is InChI=1S/C10H17NO/c1-5-9-7-6-8(2)12-10(9)11(3)4/h5-6,9-10H,1,7H2,2-4H3. The van der Waals surface area contributed by atoms with Crippen LogP contribution in [0, 0.1) is 5.92 Å². The molecule has 0 bridgehead atoms. The zero-order valence-electron chi connectivity index (χ0n) is 8.08. The highest BCUT2D eigenvalue weighted by Gasteiger charge is 2.24. The van der Waals surface area contributed by atoms with Gasteiger partial charge >= 0.3 is 0 Å². The molecule has 2 unspecified atom stereocenters. The van der Waals surface area contributed by atoms with E-state index in [4.69, 9.17) is 4.74 Å². The zero-order chi connectivity index (χ0) is 9.14. The molecule has 0 radical (unpaired) electrons. The van der Waals surface area contributed by atoms with E-state index in [2.05, 4.69) is 17.6 Å². The fourth-order valence-electron chi connectivity index (χ4n) is 1.45. The second-order valence-corrected chi connectivity index (χ2v) is 3.42. The summed E-state index contributed by atoms with van der Waals surface area (Å²) in [6.07, 6.45) is 5.28. The fraction of sp³-hybridized carbons (Fsp3) is 0.600. The molecule has 0 aromatic carbocycles. The molecule has 2 atom stereocenters. The van der Waals surface area contributed by atoms with Crippen molar-refractivity contribution in [3.8, 4) is 0 Å². The number of nitrogens with zero attached hydrogens (tertiary/aromatic N) is 1. The van der Waals surface area contributed by atoms with Gasteiger partial charge in [0.2, 0.25) is 0 Å². The van der Waals surface area contributed by atoms with Crippen molar-refractivity contribution in [2.75, 3.05) is 14.1 Å². The van der Waals surface area contributed by atoms with E-state index in [0.29, 0.717) is 5.92 Å². The quantitative estimate of drug-likeness (QED) is 0.583. The van der Waals surface area contributed by atoms with Gasteiger partial charge in [-0.3, -0.25) is 4.90 Å². The Morgan fingerprint density at radius 2 is 2.33 bits per heavy atom. The Morgan fingerprint density at radius 3 is 2.83 bits per heavy atom. The maximum Gasteiger partial charge on any atom is 0.158 e. The normalized spacial score (nSPS) is 29.5. The second-order valence-electron chi connectivity index (χ2n) is 3.42. The predicted molar refractivity (Wildman–Crippen MR) is 50.6 cm³/mol. The van der Waals surface area contributed by atoms with Gasteiger partial charge in [0.05, 0.1) is 5.76 Å². The van der Waals surface area contributed by atoms with Gasteiger partial charge < -0.3 is 4.74 Å². The van der Waals surface area contributed by atoms with E-state index < -0.39 is 0 Å². The fourth-order valence-corrected chi connectivity index (χ4v) is 1.45. The summed E-state index contributed by atoms with van der Waals surface area (Å²) < 4.78 is 5.67. The maximum atomic E-state index is 5.67. The van der Waals surface area contributed by atoms with Crippen molar-refractivity contribution in [2.24, 2.45) is 5.92 Å². The molecule has 1 heterocycles. The monoisotopic (exact) mass is 167 g/mol. The summed E-state index contributed by atoms with van der Waals surface area (Å²) in [5.41, 5.74) is 0. The van der Waals surface area contributed by atoms with Gasteiger partial charge in [0, 0.05) is 5.92 Å². The molecule has 0 aromatic heterocycles. The van der Waals surface area contributed by atoms with Gasteiger partial charge in [-0.05, 0) is 33.5 Å². The van der Waals surface area contributed by atoms with Gasteiger partial charge in [-0.2, -0.15) is 0 Å². The highest BCUT2D eigenvalue weighted by Crippen LogP contribution is 2.24. The molecular formula is C10H17NO. The lowest BCUT2D eigenvalue weighted by molar-refractivity contribution is -0.0325. The van der Waals surface area contributed by atoms with Gasteiger partial charge in [0.25, 0.3) is 0 Å². The minimum Gasteiger partial charge on any atom is -0.479 e. The summed E-state index contributed by atoms with van der Waals surface area (Å²) in [5.74, 6) is 1.44. The third-order valence-corrected chi connectivity index (χ3v) is 2.16. The molecule has 0 saturated heterocycles. The molecule has 0 amide bonds. The van der Waals surface area contributed by atoms with Crippen LogP contribution in [0.25, 0.3) is 0 Å². The van der Waals surface area contributed by atoms with Gasteiger partial charge in [0.15, 0.2) is 6.23 Å². The smallest absolute Gasteiger partial charge is 0.158 e. The van der Waals surface area contributed by atoms with Gasteiger partial charge in [-0.15, -0.1) is 6.58 Å². The lowest BCUT2D eigenvalue weighted by Gasteiger charge is -2.33. The van der Waals surface area contributed by atoms with Crippen molar-refractivity contribution >= 4 is 0 Å². The van der Waals surface area contributed by atoms with Crippen molar-refractivity contribution in [3.63, 3.8) is 0 Å². The van der Waals surface area contributed by atoms with Crippen LogP contribution in [0.5, 0.6) is 0 Å². The Bertz CT molecular complexity index is 196. The Labute approximate surface area is 74.5 Å². The summed E-state index contributed by atoms with van der Waals surface area (Å²) in [6.45, 7) is 5.80. The van der Waals surface area contributed by atoms with E-state index in [-0.39, 0.29) is 6.23 Å². The van der Waals surface area contributed by atoms with E-state index in [1.165, 1.54) is 0 Å². The first kappa shape index (κ1) is 9.33. The third kappa shape index (κ3) is 1.89. The number of ether oxygens (including phenoxy) is 1. The Kier molecular flexibility index (Phi) is 2.93. The van der Waals surface area contributed by atoms with Crippen molar-refractivity contribution in [2.45, 2.75) is 19.6 Å². The minimum absolute atomic E-state index is 0.160. The van der Waals surface area contributed by atoms with E-state index in [0.717, 1.165) is 12.2 Å². The molecule has 0 saturated carbocycles. The number of allylic oxidation sites excluding steroid dienone is 2. The largest absolute Gasteiger partial charge is 0.479 e. The van der Waals surface area contributed by atoms with E-state index in [1.54, 1.807) is 0 Å². The van der Waals surface area contributed by atoms with Crippen LogP contribution in [-0.2, 0) is 4.74 Å². The third-order valence-electron chi connectivity index (χ3n) is 2.16. The molecule has 68 valence electrons. The van der Waals surface area contributed by atoms with Crippen molar-refractivity contribution in [3.05, 3.63) is 24.5 Å². The average Bonchev–Trinajstić information content (AvgIpc) is 2.04. The van der Waals surface area contributed by atoms with E-state index in [9.17, 15) is 0 Å². The van der Waals surface area contributed by atoms with E-state index in [1.807, 2.05) is 27.1 Å². The molecule has 1 aliphatic heterocycles. The van der Waals surface area contributed by atoms with Gasteiger partial charge in [-0.1, -0.05) is 6.08 Å². The van der Waals surface area contributed by atoms with Crippen LogP contribution in [0.2, 0.25) is 0 Å². The Balaban J connectivity index is 2.70. The average molecular weight is 167 g/mol. The summed E-state index contributed by atoms with van der Waals surface area (Å²) >= 11 is 0. The molecule has 0 aliphatic carbocycles. The number of rotatable bonds is 2. The lowest BCUT2D eigenvalue weighted by atomic mass is 10.0. The maximum absolute atomic E-state index is 5.67. The number of hydrogen-bond donors (Lipinski definition) is 0. The second kappa shape index (κ2) is 3.76. The first-order chi connectivity index (χ1) is 5.65. The SMILES string of the molecule is C=CC1CC=C(C)OC1N(C)C. The van der Waals surface area contributed by atoms with Crippen LogP contribution in [0.3, 0.4) is 0 Å². The van der Waals surface area contributed by atoms with Crippen molar-refractivity contribution in [1.29, 1.82) is 0 Å². The Hall–Kier alpha value is -0.760. The molecule has 12 heavy (non-hydrogen) atoms. The van der Waals surface area contributed by atoms with Crippen molar-refractivity contribution in [1.82, 2.24) is 4.90 Å². The lowest BCUT2D eigenvalue weighted by Crippen LogP contribution is -2.38. The number of hydrogen-bond acceptors (Lipinski definition) is 2. The molecule has 0 fully saturated rings. The topological polar surface area (TPSA) is 12.5 Å². The molecule has 1 rings (SSSR count). The molecular weight excluding hydrogens is 150 g/mol. The zero-order valence-corrected chi connectivity index (χ0v) is 8.08. The first-order valence-corrected chi connectivity index (χ1v) is 4.27. The molecule has 1 aliphatic rings. The van der Waals surface area contributed by atoms with Crippen LogP contribution in [0.15, 0.2) is 24.5 Å². The van der Waals surface area contributed by atoms with Gasteiger partial charge in [0.1, 0.15) is 0 Å². The van der Waals surface area contributed by atoms with Crippen LogP contribution < -0.4 is 0 Å². The highest BCUT2D eigenvalue weighted by atomic mass is 16.5. The molecule has 0 aromatic rings. The first-order valence-electron chi connectivity index (χ1n) is 4.27. The van der Waals surface area contributed by atoms with Crippen molar-refractivity contribution < 1.29 is 4.74 Å². The van der Waals surface area contributed by atoms with Crippen LogP contribution in [0.4, 0.5) is 0 Å². The summed E-state index contributed by atoms with van der Waals surface area (Å²) in [4.78, 5) is 2.09. The van der Waals surface area contributed by atoms with Gasteiger partial charge in [-0.25, -0.2) is 0 Å². The predicted octanol–water partition coefficient (Wildman–Crippen LogP) is 2.00. The van der Waals surface area contributed by atoms with Crippen LogP contribution in [0.1, 0.15) is 13.3 Å². The van der Waals surface area contributed by atoms with Crippen LogP contribution >= 0.6 is 0 Å². The molecule has 0 N–H and O–H groups in total. The van der Waals surface area contributed by atoms with Crippen LogP contribution in [-0.4, -0.2) is 25.2 Å². The summed E-state index contributed by atoms with van der Waals surface area (Å²) in [5, 5.41) is 0. The minimum atomic E-state index is 0.160. The summed E-state index contributed by atoms with van der Waals surface area (Å²) in [6, 6.07) is 0. The van der Waals surface area contributed by atoms with E-state index >= 15 is 0 Å². The summed E-state index contributed by atoms with van der Waals surface area (Å²) in [7, 11) is 4.06. The highest BCUT2D eigenvalue weighted by molar-refractivity contribution is 5.01. The molecule has 2 nitrogen and oxygen atoms in total. The molecule has 0 spiro atoms. The molecule has 2 heteroatoms. The Morgan fingerprint density at radius 1 is 1.67 bits per heavy atom.